The number of fused-ring (bicyclic) bond motifs is 1. The molecule has 132 valence electrons. The van der Waals surface area contributed by atoms with Crippen molar-refractivity contribution in [2.75, 3.05) is 25.5 Å². The first kappa shape index (κ1) is 17.5. The summed E-state index contributed by atoms with van der Waals surface area (Å²) in [6.07, 6.45) is 1.93. The number of hydrogen-bond donors (Lipinski definition) is 3. The van der Waals surface area contributed by atoms with E-state index in [0.717, 1.165) is 27.7 Å². The van der Waals surface area contributed by atoms with Gasteiger partial charge in [-0.15, -0.1) is 0 Å². The van der Waals surface area contributed by atoms with Crippen LogP contribution in [0.1, 0.15) is 17.0 Å². The molecule has 0 saturated heterocycles. The maximum atomic E-state index is 11.4. The minimum Gasteiger partial charge on any atom is -0.378 e. The van der Waals surface area contributed by atoms with E-state index in [9.17, 15) is 8.42 Å². The Morgan fingerprint density at radius 3 is 2.44 bits per heavy atom. The van der Waals surface area contributed by atoms with Gasteiger partial charge in [-0.3, -0.25) is 0 Å². The highest BCUT2D eigenvalue weighted by Gasteiger charge is 2.19. The largest absolute Gasteiger partial charge is 0.378 e. The third kappa shape index (κ3) is 4.01. The highest BCUT2D eigenvalue weighted by atomic mass is 32.2. The molecule has 3 aromatic rings. The van der Waals surface area contributed by atoms with Crippen molar-refractivity contribution in [3.05, 3.63) is 65.9 Å². The predicted molar refractivity (Wildman–Crippen MR) is 102 cm³/mol. The summed E-state index contributed by atoms with van der Waals surface area (Å²) in [6, 6.07) is 16.0. The van der Waals surface area contributed by atoms with Crippen LogP contribution >= 0.6 is 0 Å². The standard InChI is InChI=1S/C18H22N4O2S/c1-22(2)14-9-7-13(8-10-14)16(12-21-25(19,23)24)17-11-20-18-6-4-3-5-15(17)18/h3-11,16,20-21H,12H2,1-2H3,(H2,19,23,24). The molecule has 0 fully saturated rings. The fourth-order valence-electron chi connectivity index (χ4n) is 2.99. The number of nitrogens with zero attached hydrogens (tertiary/aromatic N) is 1. The zero-order valence-electron chi connectivity index (χ0n) is 14.2. The molecule has 7 heteroatoms. The van der Waals surface area contributed by atoms with Crippen molar-refractivity contribution in [2.24, 2.45) is 5.14 Å². The second kappa shape index (κ2) is 6.87. The lowest BCUT2D eigenvalue weighted by Gasteiger charge is -2.19. The summed E-state index contributed by atoms with van der Waals surface area (Å²) in [5.41, 5.74) is 4.15. The van der Waals surface area contributed by atoms with Crippen molar-refractivity contribution in [1.82, 2.24) is 9.71 Å². The van der Waals surface area contributed by atoms with Gasteiger partial charge in [0.05, 0.1) is 0 Å². The van der Waals surface area contributed by atoms with Crippen molar-refractivity contribution in [1.29, 1.82) is 0 Å². The van der Waals surface area contributed by atoms with Gasteiger partial charge in [0.1, 0.15) is 0 Å². The van der Waals surface area contributed by atoms with Gasteiger partial charge in [0.15, 0.2) is 0 Å². The predicted octanol–water partition coefficient (Wildman–Crippen LogP) is 2.16. The number of nitrogens with one attached hydrogen (secondary N) is 2. The monoisotopic (exact) mass is 358 g/mol. The highest BCUT2D eigenvalue weighted by Crippen LogP contribution is 2.31. The lowest BCUT2D eigenvalue weighted by molar-refractivity contribution is 0.579. The van der Waals surface area contributed by atoms with Gasteiger partial charge in [-0.1, -0.05) is 30.3 Å². The molecule has 6 nitrogen and oxygen atoms in total. The minimum absolute atomic E-state index is 0.148. The van der Waals surface area contributed by atoms with Crippen molar-refractivity contribution >= 4 is 26.8 Å². The number of nitrogens with two attached hydrogens (primary N) is 1. The Bertz CT molecular complexity index is 962. The van der Waals surface area contributed by atoms with Crippen molar-refractivity contribution in [3.63, 3.8) is 0 Å². The van der Waals surface area contributed by atoms with Gasteiger partial charge >= 0.3 is 0 Å². The summed E-state index contributed by atoms with van der Waals surface area (Å²) >= 11 is 0. The molecule has 1 atom stereocenters. The van der Waals surface area contributed by atoms with Crippen molar-refractivity contribution in [3.8, 4) is 0 Å². The van der Waals surface area contributed by atoms with Crippen LogP contribution in [-0.4, -0.2) is 34.0 Å². The summed E-state index contributed by atoms with van der Waals surface area (Å²) in [5.74, 6) is -0.148. The lowest BCUT2D eigenvalue weighted by Crippen LogP contribution is -2.34. The number of benzene rings is 2. The van der Waals surface area contributed by atoms with Crippen molar-refractivity contribution in [2.45, 2.75) is 5.92 Å². The zero-order valence-corrected chi connectivity index (χ0v) is 15.0. The normalized spacial score (nSPS) is 13.1. The Morgan fingerprint density at radius 2 is 1.80 bits per heavy atom. The van der Waals surface area contributed by atoms with E-state index in [1.54, 1.807) is 0 Å². The minimum atomic E-state index is -3.76. The van der Waals surface area contributed by atoms with Gasteiger partial charge in [-0.25, -0.2) is 9.86 Å². The van der Waals surface area contributed by atoms with Gasteiger partial charge in [-0.05, 0) is 29.3 Å². The molecule has 0 aliphatic carbocycles. The van der Waals surface area contributed by atoms with Gasteiger partial charge in [0.25, 0.3) is 10.2 Å². The fourth-order valence-corrected chi connectivity index (χ4v) is 3.39. The fraction of sp³-hybridized carbons (Fsp3) is 0.222. The average Bonchev–Trinajstić information content (AvgIpc) is 2.99. The molecule has 3 rings (SSSR count). The Kier molecular flexibility index (Phi) is 4.80. The Hall–Kier alpha value is -2.35. The van der Waals surface area contributed by atoms with Crippen LogP contribution in [0.25, 0.3) is 10.9 Å². The van der Waals surface area contributed by atoms with Gasteiger partial charge in [0, 0.05) is 49.3 Å². The molecular formula is C18H22N4O2S. The number of para-hydroxylation sites is 1. The van der Waals surface area contributed by atoms with Crippen LogP contribution in [0.5, 0.6) is 0 Å². The molecule has 0 bridgehead atoms. The highest BCUT2D eigenvalue weighted by molar-refractivity contribution is 7.87. The maximum absolute atomic E-state index is 11.4. The van der Waals surface area contributed by atoms with Crippen LogP contribution in [-0.2, 0) is 10.2 Å². The van der Waals surface area contributed by atoms with Crippen molar-refractivity contribution < 1.29 is 8.42 Å². The summed E-state index contributed by atoms with van der Waals surface area (Å²) in [7, 11) is 0.200. The smallest absolute Gasteiger partial charge is 0.274 e. The first-order valence-electron chi connectivity index (χ1n) is 7.96. The molecule has 1 unspecified atom stereocenters. The van der Waals surface area contributed by atoms with E-state index in [2.05, 4.69) is 9.71 Å². The Balaban J connectivity index is 2.03. The molecule has 0 aliphatic heterocycles. The molecule has 0 radical (unpaired) electrons. The summed E-state index contributed by atoms with van der Waals surface area (Å²) < 4.78 is 25.2. The van der Waals surface area contributed by atoms with Crippen LogP contribution in [0.2, 0.25) is 0 Å². The molecular weight excluding hydrogens is 336 g/mol. The number of rotatable bonds is 6. The topological polar surface area (TPSA) is 91.2 Å². The van der Waals surface area contributed by atoms with E-state index in [0.29, 0.717) is 0 Å². The van der Waals surface area contributed by atoms with Gasteiger partial charge in [-0.2, -0.15) is 8.42 Å². The number of hydrogen-bond acceptors (Lipinski definition) is 3. The van der Waals surface area contributed by atoms with Crippen LogP contribution in [0.15, 0.2) is 54.7 Å². The Labute approximate surface area is 147 Å². The summed E-state index contributed by atoms with van der Waals surface area (Å²) in [4.78, 5) is 5.27. The summed E-state index contributed by atoms with van der Waals surface area (Å²) in [6.45, 7) is 0.196. The van der Waals surface area contributed by atoms with Crippen LogP contribution in [0.4, 0.5) is 5.69 Å². The van der Waals surface area contributed by atoms with Crippen LogP contribution in [0.3, 0.4) is 0 Å². The van der Waals surface area contributed by atoms with Crippen LogP contribution in [0, 0.1) is 0 Å². The second-order valence-corrected chi connectivity index (χ2v) is 7.60. The first-order chi connectivity index (χ1) is 11.8. The average molecular weight is 358 g/mol. The zero-order chi connectivity index (χ0) is 18.0. The quantitative estimate of drug-likeness (QED) is 0.630. The van der Waals surface area contributed by atoms with E-state index in [1.807, 2.05) is 73.7 Å². The SMILES string of the molecule is CN(C)c1ccc(C(CNS(N)(=O)=O)c2c[nH]c3ccccc23)cc1. The first-order valence-corrected chi connectivity index (χ1v) is 9.50. The molecule has 4 N–H and O–H groups in total. The van der Waals surface area contributed by atoms with E-state index < -0.39 is 10.2 Å². The summed E-state index contributed by atoms with van der Waals surface area (Å²) in [5, 5.41) is 6.21. The number of H-pyrrole nitrogens is 1. The molecule has 0 aliphatic rings. The molecule has 0 amide bonds. The molecule has 1 heterocycles. The maximum Gasteiger partial charge on any atom is 0.274 e. The Morgan fingerprint density at radius 1 is 1.12 bits per heavy atom. The molecule has 2 aromatic carbocycles. The van der Waals surface area contributed by atoms with Crippen LogP contribution < -0.4 is 14.8 Å². The number of aromatic nitrogens is 1. The van der Waals surface area contributed by atoms with E-state index in [4.69, 9.17) is 5.14 Å². The third-order valence-corrected chi connectivity index (χ3v) is 4.87. The molecule has 0 spiro atoms. The molecule has 25 heavy (non-hydrogen) atoms. The van der Waals surface area contributed by atoms with Gasteiger partial charge in [0.2, 0.25) is 0 Å². The van der Waals surface area contributed by atoms with E-state index >= 15 is 0 Å². The van der Waals surface area contributed by atoms with E-state index in [-0.39, 0.29) is 12.5 Å². The van der Waals surface area contributed by atoms with E-state index in [1.165, 1.54) is 0 Å². The second-order valence-electron chi connectivity index (χ2n) is 6.22. The third-order valence-electron chi connectivity index (χ3n) is 4.30. The lowest BCUT2D eigenvalue weighted by atomic mass is 9.91. The number of aromatic amines is 1. The van der Waals surface area contributed by atoms with Gasteiger partial charge < -0.3 is 9.88 Å². The molecule has 0 saturated carbocycles. The number of anilines is 1. The molecule has 1 aromatic heterocycles.